The molecule has 3 heteroatoms. The van der Waals surface area contributed by atoms with E-state index in [1.54, 1.807) is 0 Å². The number of carboxylic acids is 1. The number of benzene rings is 1. The minimum atomic E-state index is -1.31. The van der Waals surface area contributed by atoms with Crippen molar-refractivity contribution in [1.29, 1.82) is 0 Å². The largest absolute Gasteiger partial charge is 0.479 e. The Hall–Kier alpha value is -1.35. The van der Waals surface area contributed by atoms with Crippen molar-refractivity contribution in [3.8, 4) is 0 Å². The molecule has 0 aliphatic heterocycles. The molecule has 0 aromatic heterocycles. The number of carbonyl (C=O) groups is 1. The molecule has 1 rings (SSSR count). The predicted molar refractivity (Wildman–Crippen MR) is 58.0 cm³/mol. The lowest BCUT2D eigenvalue weighted by molar-refractivity contribution is -0.146. The number of carboxylic acid groups (broad SMARTS) is 1. The molecule has 1 atom stereocenters. The smallest absolute Gasteiger partial charge is 0.332 e. The number of aliphatic hydroxyl groups is 1. The van der Waals surface area contributed by atoms with Gasteiger partial charge in [0.1, 0.15) is 0 Å². The van der Waals surface area contributed by atoms with Crippen LogP contribution in [0.25, 0.3) is 0 Å². The molecule has 0 spiro atoms. The van der Waals surface area contributed by atoms with Crippen LogP contribution in [-0.2, 0) is 11.2 Å². The highest BCUT2D eigenvalue weighted by Gasteiger charge is 2.15. The molecular formula is C12H16O3. The average molecular weight is 208 g/mol. The Morgan fingerprint density at radius 3 is 2.27 bits per heavy atom. The third kappa shape index (κ3) is 2.80. The summed E-state index contributed by atoms with van der Waals surface area (Å²) in [5.41, 5.74) is 4.22. The molecular weight excluding hydrogens is 192 g/mol. The van der Waals surface area contributed by atoms with Crippen molar-refractivity contribution in [3.63, 3.8) is 0 Å². The molecule has 2 N–H and O–H groups in total. The summed E-state index contributed by atoms with van der Waals surface area (Å²) in [6, 6.07) is 3.95. The molecule has 1 aromatic carbocycles. The zero-order chi connectivity index (χ0) is 11.6. The lowest BCUT2D eigenvalue weighted by atomic mass is 9.97. The third-order valence-corrected chi connectivity index (χ3v) is 2.65. The second-order valence-corrected chi connectivity index (χ2v) is 3.92. The van der Waals surface area contributed by atoms with Gasteiger partial charge in [-0.25, -0.2) is 4.79 Å². The van der Waals surface area contributed by atoms with E-state index in [0.29, 0.717) is 0 Å². The molecule has 0 saturated carbocycles. The molecule has 0 heterocycles. The molecule has 15 heavy (non-hydrogen) atoms. The summed E-state index contributed by atoms with van der Waals surface area (Å²) < 4.78 is 0. The van der Waals surface area contributed by atoms with Crippen LogP contribution in [0, 0.1) is 20.8 Å². The lowest BCUT2D eigenvalue weighted by Crippen LogP contribution is -2.22. The van der Waals surface area contributed by atoms with Crippen LogP contribution in [0.1, 0.15) is 22.3 Å². The Bertz CT molecular complexity index is 383. The van der Waals surface area contributed by atoms with Crippen molar-refractivity contribution in [2.45, 2.75) is 33.3 Å². The molecule has 0 amide bonds. The first-order valence-corrected chi connectivity index (χ1v) is 4.89. The fourth-order valence-electron chi connectivity index (χ4n) is 1.54. The van der Waals surface area contributed by atoms with Gasteiger partial charge in [0.2, 0.25) is 0 Å². The van der Waals surface area contributed by atoms with E-state index in [4.69, 9.17) is 5.11 Å². The first-order valence-electron chi connectivity index (χ1n) is 4.89. The normalized spacial score (nSPS) is 12.5. The van der Waals surface area contributed by atoms with Gasteiger partial charge in [0.15, 0.2) is 6.10 Å². The van der Waals surface area contributed by atoms with Crippen LogP contribution in [0.3, 0.4) is 0 Å². The van der Waals surface area contributed by atoms with Crippen molar-refractivity contribution in [2.24, 2.45) is 0 Å². The molecule has 0 aliphatic rings. The minimum absolute atomic E-state index is 0.169. The molecule has 82 valence electrons. The number of aliphatic hydroxyl groups excluding tert-OH is 1. The summed E-state index contributed by atoms with van der Waals surface area (Å²) in [7, 11) is 0. The minimum Gasteiger partial charge on any atom is -0.479 e. The van der Waals surface area contributed by atoms with Crippen molar-refractivity contribution in [1.82, 2.24) is 0 Å². The summed E-state index contributed by atoms with van der Waals surface area (Å²) in [5, 5.41) is 17.9. The molecule has 1 aromatic rings. The number of hydrogen-bond donors (Lipinski definition) is 2. The summed E-state index contributed by atoms with van der Waals surface area (Å²) in [5.74, 6) is -1.17. The Labute approximate surface area is 89.4 Å². The van der Waals surface area contributed by atoms with Gasteiger partial charge < -0.3 is 10.2 Å². The van der Waals surface area contributed by atoms with Crippen LogP contribution in [-0.4, -0.2) is 22.3 Å². The van der Waals surface area contributed by atoms with Gasteiger partial charge in [-0.1, -0.05) is 12.1 Å². The maximum Gasteiger partial charge on any atom is 0.332 e. The lowest BCUT2D eigenvalue weighted by Gasteiger charge is -2.11. The van der Waals surface area contributed by atoms with Crippen LogP contribution < -0.4 is 0 Å². The Morgan fingerprint density at radius 2 is 1.73 bits per heavy atom. The van der Waals surface area contributed by atoms with Crippen LogP contribution in [0.4, 0.5) is 0 Å². The summed E-state index contributed by atoms with van der Waals surface area (Å²) >= 11 is 0. The number of aryl methyl sites for hydroxylation is 3. The Balaban J connectivity index is 2.95. The van der Waals surface area contributed by atoms with Gasteiger partial charge in [-0.2, -0.15) is 0 Å². The Kier molecular flexibility index (Phi) is 3.48. The van der Waals surface area contributed by atoms with Crippen LogP contribution in [0.5, 0.6) is 0 Å². The highest BCUT2D eigenvalue weighted by molar-refractivity contribution is 5.72. The van der Waals surface area contributed by atoms with Crippen LogP contribution >= 0.6 is 0 Å². The molecule has 0 saturated heterocycles. The van der Waals surface area contributed by atoms with Gasteiger partial charge in [0.25, 0.3) is 0 Å². The monoisotopic (exact) mass is 208 g/mol. The summed E-state index contributed by atoms with van der Waals surface area (Å²) in [6.45, 7) is 5.92. The SMILES string of the molecule is Cc1cc(C)c(CC(O)C(=O)O)cc1C. The first kappa shape index (κ1) is 11.7. The second kappa shape index (κ2) is 4.45. The molecule has 0 radical (unpaired) electrons. The van der Waals surface area contributed by atoms with Gasteiger partial charge in [0, 0.05) is 6.42 Å². The zero-order valence-electron chi connectivity index (χ0n) is 9.24. The van der Waals surface area contributed by atoms with E-state index in [1.165, 1.54) is 5.56 Å². The van der Waals surface area contributed by atoms with E-state index in [2.05, 4.69) is 0 Å². The van der Waals surface area contributed by atoms with Gasteiger partial charge in [-0.15, -0.1) is 0 Å². The number of rotatable bonds is 3. The van der Waals surface area contributed by atoms with E-state index >= 15 is 0 Å². The third-order valence-electron chi connectivity index (χ3n) is 2.65. The first-order chi connectivity index (χ1) is 6.91. The number of hydrogen-bond acceptors (Lipinski definition) is 2. The fourth-order valence-corrected chi connectivity index (χ4v) is 1.54. The van der Waals surface area contributed by atoms with E-state index in [1.807, 2.05) is 32.9 Å². The Morgan fingerprint density at radius 1 is 1.20 bits per heavy atom. The predicted octanol–water partition coefficient (Wildman–Crippen LogP) is 1.60. The standard InChI is InChI=1S/C12H16O3/c1-7-4-9(3)10(5-8(7)2)6-11(13)12(14)15/h4-5,11,13H,6H2,1-3H3,(H,14,15). The van der Waals surface area contributed by atoms with Crippen molar-refractivity contribution in [3.05, 3.63) is 34.4 Å². The van der Waals surface area contributed by atoms with Gasteiger partial charge in [-0.05, 0) is 43.0 Å². The van der Waals surface area contributed by atoms with Crippen molar-refractivity contribution in [2.75, 3.05) is 0 Å². The van der Waals surface area contributed by atoms with E-state index in [9.17, 15) is 9.90 Å². The molecule has 0 fully saturated rings. The topological polar surface area (TPSA) is 57.5 Å². The van der Waals surface area contributed by atoms with Crippen LogP contribution in [0.2, 0.25) is 0 Å². The average Bonchev–Trinajstić information content (AvgIpc) is 2.13. The summed E-state index contributed by atoms with van der Waals surface area (Å²) in [6.07, 6.45) is -1.15. The summed E-state index contributed by atoms with van der Waals surface area (Å²) in [4.78, 5) is 10.5. The van der Waals surface area contributed by atoms with E-state index in [-0.39, 0.29) is 6.42 Å². The van der Waals surface area contributed by atoms with Gasteiger partial charge >= 0.3 is 5.97 Å². The maximum absolute atomic E-state index is 10.5. The van der Waals surface area contributed by atoms with Crippen LogP contribution in [0.15, 0.2) is 12.1 Å². The molecule has 3 nitrogen and oxygen atoms in total. The van der Waals surface area contributed by atoms with E-state index < -0.39 is 12.1 Å². The van der Waals surface area contributed by atoms with Crippen molar-refractivity contribution < 1.29 is 15.0 Å². The maximum atomic E-state index is 10.5. The van der Waals surface area contributed by atoms with E-state index in [0.717, 1.165) is 16.7 Å². The quantitative estimate of drug-likeness (QED) is 0.793. The van der Waals surface area contributed by atoms with Gasteiger partial charge in [0.05, 0.1) is 0 Å². The highest BCUT2D eigenvalue weighted by Crippen LogP contribution is 2.16. The molecule has 1 unspecified atom stereocenters. The number of aliphatic carboxylic acids is 1. The molecule has 0 aliphatic carbocycles. The molecule has 0 bridgehead atoms. The van der Waals surface area contributed by atoms with Crippen molar-refractivity contribution >= 4 is 5.97 Å². The van der Waals surface area contributed by atoms with Gasteiger partial charge in [-0.3, -0.25) is 0 Å². The fraction of sp³-hybridized carbons (Fsp3) is 0.417. The zero-order valence-corrected chi connectivity index (χ0v) is 9.24. The highest BCUT2D eigenvalue weighted by atomic mass is 16.4. The second-order valence-electron chi connectivity index (χ2n) is 3.92.